The van der Waals surface area contributed by atoms with Crippen molar-refractivity contribution in [2.45, 2.75) is 12.8 Å². The Labute approximate surface area is 310 Å². The van der Waals surface area contributed by atoms with Crippen LogP contribution < -0.4 is 10.6 Å². The second kappa shape index (κ2) is 14.9. The molecular weight excluding hydrogens is 1020 g/mol. The van der Waals surface area contributed by atoms with E-state index in [1.807, 2.05) is 0 Å². The zero-order valence-electron chi connectivity index (χ0n) is 20.6. The topological polar surface area (TPSA) is 98.8 Å². The summed E-state index contributed by atoms with van der Waals surface area (Å²) in [6, 6.07) is 7.19. The van der Waals surface area contributed by atoms with Gasteiger partial charge in [-0.05, 0) is 88.0 Å². The van der Waals surface area contributed by atoms with Crippen LogP contribution in [0.5, 0.6) is 0 Å². The number of carbonyl (C=O) groups excluding carboxylic acids is 4. The number of thiocarbonyl (C=S) groups is 2. The van der Waals surface area contributed by atoms with Crippen LogP contribution in [0.1, 0.15) is 12.8 Å². The SMILES string of the molecule is O=C(CCN1C(=O)/C(=C2\SC(=S)N(CCC(=O)Nc3c(Br)cc(Br)cc3Br)C2=O)SC1=S)Nc1c(Br)cc(Br)cc1Br. The highest BCUT2D eigenvalue weighted by molar-refractivity contribution is 9.12. The fraction of sp³-hybridized carbons (Fsp3) is 0.167. The number of rotatable bonds is 8. The third-order valence-corrected chi connectivity index (χ3v) is 12.0. The second-order valence-electron chi connectivity index (χ2n) is 8.39. The summed E-state index contributed by atoms with van der Waals surface area (Å²) in [5, 5.41) is 5.63. The molecule has 42 heavy (non-hydrogen) atoms. The van der Waals surface area contributed by atoms with Gasteiger partial charge in [-0.15, -0.1) is 0 Å². The van der Waals surface area contributed by atoms with Crippen molar-refractivity contribution >= 4 is 187 Å². The van der Waals surface area contributed by atoms with Gasteiger partial charge in [0.2, 0.25) is 11.8 Å². The average Bonchev–Trinajstić information content (AvgIpc) is 3.33. The number of carbonyl (C=O) groups is 4. The zero-order chi connectivity index (χ0) is 30.9. The zero-order valence-corrected chi connectivity index (χ0v) is 33.3. The summed E-state index contributed by atoms with van der Waals surface area (Å²) in [4.78, 5) is 54.7. The average molecular weight is 1030 g/mol. The summed E-state index contributed by atoms with van der Waals surface area (Å²) in [7, 11) is 0. The van der Waals surface area contributed by atoms with Crippen LogP contribution in [0.25, 0.3) is 0 Å². The van der Waals surface area contributed by atoms with Gasteiger partial charge in [0.1, 0.15) is 8.64 Å². The summed E-state index contributed by atoms with van der Waals surface area (Å²) in [5.74, 6) is -1.57. The first-order valence-electron chi connectivity index (χ1n) is 11.5. The van der Waals surface area contributed by atoms with Crippen LogP contribution in [0.2, 0.25) is 0 Å². The Balaban J connectivity index is 1.37. The fourth-order valence-electron chi connectivity index (χ4n) is 3.61. The number of halogens is 6. The smallest absolute Gasteiger partial charge is 0.267 e. The number of hydrogen-bond donors (Lipinski definition) is 2. The molecule has 4 rings (SSSR count). The quantitative estimate of drug-likeness (QED) is 0.201. The minimum absolute atomic E-state index is 0.0185. The van der Waals surface area contributed by atoms with Crippen LogP contribution in [0, 0.1) is 0 Å². The van der Waals surface area contributed by atoms with E-state index in [2.05, 4.69) is 106 Å². The Kier molecular flexibility index (Phi) is 12.3. The minimum Gasteiger partial charge on any atom is -0.324 e. The molecule has 2 N–H and O–H groups in total. The number of benzene rings is 2. The van der Waals surface area contributed by atoms with Crippen molar-refractivity contribution in [3.63, 3.8) is 0 Å². The molecule has 2 saturated heterocycles. The molecule has 0 atom stereocenters. The van der Waals surface area contributed by atoms with Gasteiger partial charge in [0.15, 0.2) is 0 Å². The minimum atomic E-state index is -0.466. The monoisotopic (exact) mass is 1020 g/mol. The first kappa shape index (κ1) is 34.7. The van der Waals surface area contributed by atoms with E-state index in [4.69, 9.17) is 24.4 Å². The third-order valence-electron chi connectivity index (χ3n) is 5.57. The van der Waals surface area contributed by atoms with Crippen LogP contribution in [0.15, 0.2) is 60.9 Å². The van der Waals surface area contributed by atoms with Gasteiger partial charge < -0.3 is 10.6 Å². The lowest BCUT2D eigenvalue weighted by Gasteiger charge is -2.15. The van der Waals surface area contributed by atoms with Crippen molar-refractivity contribution in [2.75, 3.05) is 23.7 Å². The van der Waals surface area contributed by atoms with Gasteiger partial charge in [0.25, 0.3) is 11.8 Å². The van der Waals surface area contributed by atoms with Crippen molar-refractivity contribution in [2.24, 2.45) is 0 Å². The van der Waals surface area contributed by atoms with E-state index in [9.17, 15) is 19.2 Å². The lowest BCUT2D eigenvalue weighted by atomic mass is 10.3. The van der Waals surface area contributed by atoms with Gasteiger partial charge in [-0.2, -0.15) is 0 Å². The van der Waals surface area contributed by atoms with Crippen LogP contribution in [0.3, 0.4) is 0 Å². The van der Waals surface area contributed by atoms with E-state index in [0.717, 1.165) is 32.5 Å². The van der Waals surface area contributed by atoms with Crippen molar-refractivity contribution in [3.8, 4) is 0 Å². The van der Waals surface area contributed by atoms with E-state index in [-0.39, 0.29) is 56.2 Å². The molecule has 0 bridgehead atoms. The number of thioether (sulfide) groups is 2. The Bertz CT molecular complexity index is 1440. The molecule has 2 heterocycles. The summed E-state index contributed by atoms with van der Waals surface area (Å²) in [6.07, 6.45) is -0.0370. The number of hydrogen-bond acceptors (Lipinski definition) is 8. The second-order valence-corrected chi connectivity index (χ2v) is 16.9. The molecule has 2 fully saturated rings. The lowest BCUT2D eigenvalue weighted by Crippen LogP contribution is -2.33. The van der Waals surface area contributed by atoms with Crippen molar-refractivity contribution in [1.82, 2.24) is 9.80 Å². The standard InChI is InChI=1S/C24H14Br6N4O4S4/c25-9-5-11(27)17(12(28)6-9)31-15(35)1-3-33-21(37)19(41-23(33)39)20-22(38)34(24(40)42-20)4-2-16(36)32-18-13(29)7-10(26)8-14(18)30/h5-8H,1-4H2,(H,31,35)(H,32,36)/b20-19+. The van der Waals surface area contributed by atoms with Gasteiger partial charge >= 0.3 is 0 Å². The number of nitrogens with zero attached hydrogens (tertiary/aromatic N) is 2. The molecule has 2 aliphatic heterocycles. The van der Waals surface area contributed by atoms with E-state index in [1.54, 1.807) is 24.3 Å². The van der Waals surface area contributed by atoms with E-state index in [0.29, 0.717) is 29.3 Å². The van der Waals surface area contributed by atoms with Gasteiger partial charge in [-0.3, -0.25) is 29.0 Å². The molecule has 4 amide bonds. The number of anilines is 2. The van der Waals surface area contributed by atoms with E-state index in [1.165, 1.54) is 9.80 Å². The molecule has 0 unspecified atom stereocenters. The molecule has 0 aromatic heterocycles. The van der Waals surface area contributed by atoms with Crippen LogP contribution in [0.4, 0.5) is 11.4 Å². The molecule has 220 valence electrons. The molecule has 0 radical (unpaired) electrons. The van der Waals surface area contributed by atoms with Gasteiger partial charge in [0.05, 0.1) is 21.2 Å². The maximum Gasteiger partial charge on any atom is 0.267 e. The predicted molar refractivity (Wildman–Crippen MR) is 196 cm³/mol. The first-order valence-corrected chi connectivity index (χ1v) is 18.7. The Morgan fingerprint density at radius 1 is 0.643 bits per heavy atom. The molecule has 2 aromatic carbocycles. The predicted octanol–water partition coefficient (Wildman–Crippen LogP) is 8.55. The Hall–Kier alpha value is -0.180. The van der Waals surface area contributed by atoms with Crippen molar-refractivity contribution < 1.29 is 19.2 Å². The lowest BCUT2D eigenvalue weighted by molar-refractivity contribution is -0.125. The molecule has 8 nitrogen and oxygen atoms in total. The molecular formula is C24H14Br6N4O4S4. The summed E-state index contributed by atoms with van der Waals surface area (Å²) < 4.78 is 4.84. The number of nitrogens with one attached hydrogen (secondary N) is 2. The maximum absolute atomic E-state index is 13.2. The van der Waals surface area contributed by atoms with Gasteiger partial charge in [-0.1, -0.05) is 79.8 Å². The number of amides is 4. The van der Waals surface area contributed by atoms with E-state index < -0.39 is 11.8 Å². The van der Waals surface area contributed by atoms with Crippen molar-refractivity contribution in [3.05, 3.63) is 60.9 Å². The van der Waals surface area contributed by atoms with Crippen molar-refractivity contribution in [1.29, 1.82) is 0 Å². The highest BCUT2D eigenvalue weighted by Gasteiger charge is 2.42. The van der Waals surface area contributed by atoms with Gasteiger partial charge in [0, 0.05) is 52.8 Å². The fourth-order valence-corrected chi connectivity index (χ4v) is 11.3. The summed E-state index contributed by atoms with van der Waals surface area (Å²) in [6.45, 7) is 0.0703. The van der Waals surface area contributed by atoms with Crippen LogP contribution >= 0.6 is 144 Å². The highest BCUT2D eigenvalue weighted by atomic mass is 79.9. The molecule has 2 aromatic rings. The molecule has 0 saturated carbocycles. The summed E-state index contributed by atoms with van der Waals surface area (Å²) >= 11 is 33.2. The molecule has 2 aliphatic rings. The molecule has 0 aliphatic carbocycles. The normalized spacial score (nSPS) is 17.0. The third kappa shape index (κ3) is 8.15. The van der Waals surface area contributed by atoms with E-state index >= 15 is 0 Å². The van der Waals surface area contributed by atoms with Crippen LogP contribution in [-0.2, 0) is 19.2 Å². The van der Waals surface area contributed by atoms with Crippen LogP contribution in [-0.4, -0.2) is 55.2 Å². The van der Waals surface area contributed by atoms with Gasteiger partial charge in [-0.25, -0.2) is 0 Å². The summed E-state index contributed by atoms with van der Waals surface area (Å²) in [5.41, 5.74) is 1.12. The molecule has 0 spiro atoms. The maximum atomic E-state index is 13.2. The highest BCUT2D eigenvalue weighted by Crippen LogP contribution is 2.42. The Morgan fingerprint density at radius 3 is 1.26 bits per heavy atom. The molecule has 18 heteroatoms. The largest absolute Gasteiger partial charge is 0.324 e. The Morgan fingerprint density at radius 2 is 0.952 bits per heavy atom. The first-order chi connectivity index (χ1) is 19.8.